The lowest BCUT2D eigenvalue weighted by Crippen LogP contribution is -3.00. The van der Waals surface area contributed by atoms with Crippen LogP contribution in [-0.2, 0) is 13.0 Å². The first-order chi connectivity index (χ1) is 10.3. The van der Waals surface area contributed by atoms with E-state index in [-0.39, 0.29) is 12.4 Å². The second kappa shape index (κ2) is 7.48. The van der Waals surface area contributed by atoms with Gasteiger partial charge in [-0.3, -0.25) is 0 Å². The van der Waals surface area contributed by atoms with Crippen LogP contribution in [-0.4, -0.2) is 11.1 Å². The fraction of sp³-hybridized carbons (Fsp3) is 0.263. The first kappa shape index (κ1) is 16.6. The van der Waals surface area contributed by atoms with Crippen molar-refractivity contribution in [2.24, 2.45) is 5.73 Å². The van der Waals surface area contributed by atoms with Crippen molar-refractivity contribution < 1.29 is 12.4 Å². The number of nitrogens with two attached hydrogens (primary N) is 1. The van der Waals surface area contributed by atoms with Crippen molar-refractivity contribution in [1.29, 1.82) is 0 Å². The molecule has 22 heavy (non-hydrogen) atoms. The number of aromatic nitrogens is 1. The van der Waals surface area contributed by atoms with E-state index >= 15 is 0 Å². The molecule has 0 amide bonds. The third-order valence-electron chi connectivity index (χ3n) is 4.18. The molecule has 0 aliphatic rings. The highest BCUT2D eigenvalue weighted by Crippen LogP contribution is 2.27. The Morgan fingerprint density at radius 1 is 0.955 bits per heavy atom. The van der Waals surface area contributed by atoms with E-state index in [0.29, 0.717) is 0 Å². The van der Waals surface area contributed by atoms with Crippen molar-refractivity contribution in [3.8, 4) is 0 Å². The molecular formula is C19H22ClN2-. The van der Waals surface area contributed by atoms with Gasteiger partial charge in [0.25, 0.3) is 0 Å². The zero-order chi connectivity index (χ0) is 14.7. The normalized spacial score (nSPS) is 10.6. The summed E-state index contributed by atoms with van der Waals surface area (Å²) in [7, 11) is 0. The molecule has 0 spiro atoms. The van der Waals surface area contributed by atoms with E-state index in [1.165, 1.54) is 27.7 Å². The number of nitrogens with zero attached hydrogens (tertiary/aromatic N) is 1. The van der Waals surface area contributed by atoms with Crippen molar-refractivity contribution in [3.63, 3.8) is 0 Å². The number of benzene rings is 2. The highest BCUT2D eigenvalue weighted by molar-refractivity contribution is 5.85. The summed E-state index contributed by atoms with van der Waals surface area (Å²) in [5, 5.41) is 1.37. The van der Waals surface area contributed by atoms with Gasteiger partial charge in [-0.1, -0.05) is 48.5 Å². The second-order valence-electron chi connectivity index (χ2n) is 5.55. The molecule has 1 heterocycles. The van der Waals surface area contributed by atoms with Crippen LogP contribution in [0.15, 0.2) is 54.6 Å². The van der Waals surface area contributed by atoms with Crippen molar-refractivity contribution in [2.75, 3.05) is 6.54 Å². The van der Waals surface area contributed by atoms with E-state index < -0.39 is 0 Å². The largest absolute Gasteiger partial charge is 1.00 e. The molecule has 0 radical (unpaired) electrons. The SMILES string of the molecule is Cc1c(CCCN)c2ccccc2n1Cc1ccccc1.[Cl-]. The van der Waals surface area contributed by atoms with Crippen molar-refractivity contribution in [3.05, 3.63) is 71.4 Å². The summed E-state index contributed by atoms with van der Waals surface area (Å²) >= 11 is 0. The molecule has 2 nitrogen and oxygen atoms in total. The maximum atomic E-state index is 5.69. The molecule has 3 rings (SSSR count). The first-order valence-electron chi connectivity index (χ1n) is 7.62. The molecule has 3 heteroatoms. The van der Waals surface area contributed by atoms with Crippen LogP contribution in [0.25, 0.3) is 10.9 Å². The summed E-state index contributed by atoms with van der Waals surface area (Å²) in [6.45, 7) is 3.90. The van der Waals surface area contributed by atoms with Crippen LogP contribution in [0, 0.1) is 6.92 Å². The van der Waals surface area contributed by atoms with Gasteiger partial charge < -0.3 is 22.7 Å². The van der Waals surface area contributed by atoms with Crippen LogP contribution in [0.4, 0.5) is 0 Å². The number of hydrogen-bond acceptors (Lipinski definition) is 1. The molecule has 0 aliphatic heterocycles. The standard InChI is InChI=1S/C19H22N2.ClH/c1-15-17(11-7-13-20)18-10-5-6-12-19(18)21(15)14-16-8-3-2-4-9-16;/h2-6,8-10,12H,7,11,13-14,20H2,1H3;1H/p-1. The minimum absolute atomic E-state index is 0. The van der Waals surface area contributed by atoms with Gasteiger partial charge in [-0.05, 0) is 43.5 Å². The molecular weight excluding hydrogens is 292 g/mol. The Balaban J connectivity index is 0.00000176. The van der Waals surface area contributed by atoms with E-state index in [1.54, 1.807) is 0 Å². The minimum atomic E-state index is 0. The highest BCUT2D eigenvalue weighted by Gasteiger charge is 2.13. The summed E-state index contributed by atoms with van der Waals surface area (Å²) < 4.78 is 2.43. The summed E-state index contributed by atoms with van der Waals surface area (Å²) in [6.07, 6.45) is 2.10. The van der Waals surface area contributed by atoms with Gasteiger partial charge in [0, 0.05) is 23.1 Å². The average molecular weight is 314 g/mol. The number of aryl methyl sites for hydroxylation is 1. The fourth-order valence-corrected chi connectivity index (χ4v) is 3.07. The quantitative estimate of drug-likeness (QED) is 0.745. The summed E-state index contributed by atoms with van der Waals surface area (Å²) in [5.41, 5.74) is 11.2. The van der Waals surface area contributed by atoms with Crippen LogP contribution in [0.5, 0.6) is 0 Å². The van der Waals surface area contributed by atoms with Crippen LogP contribution in [0.3, 0.4) is 0 Å². The Morgan fingerprint density at radius 2 is 1.64 bits per heavy atom. The molecule has 3 aromatic rings. The third-order valence-corrected chi connectivity index (χ3v) is 4.18. The lowest BCUT2D eigenvalue weighted by molar-refractivity contribution is -0.00000436. The monoisotopic (exact) mass is 313 g/mol. The van der Waals surface area contributed by atoms with Gasteiger partial charge >= 0.3 is 0 Å². The molecule has 116 valence electrons. The Morgan fingerprint density at radius 3 is 2.36 bits per heavy atom. The molecule has 0 atom stereocenters. The number of fused-ring (bicyclic) bond motifs is 1. The number of para-hydroxylation sites is 1. The smallest absolute Gasteiger partial charge is 0.0488 e. The van der Waals surface area contributed by atoms with Gasteiger partial charge in [-0.25, -0.2) is 0 Å². The van der Waals surface area contributed by atoms with E-state index in [2.05, 4.69) is 66.1 Å². The number of rotatable bonds is 5. The molecule has 2 aromatic carbocycles. The molecule has 0 bridgehead atoms. The average Bonchev–Trinajstić information content (AvgIpc) is 2.79. The summed E-state index contributed by atoms with van der Waals surface area (Å²) in [4.78, 5) is 0. The van der Waals surface area contributed by atoms with Crippen LogP contribution in [0.2, 0.25) is 0 Å². The predicted octanol–water partition coefficient (Wildman–Crippen LogP) is 0.893. The van der Waals surface area contributed by atoms with E-state index in [4.69, 9.17) is 5.73 Å². The second-order valence-corrected chi connectivity index (χ2v) is 5.55. The van der Waals surface area contributed by atoms with Crippen LogP contribution < -0.4 is 18.1 Å². The Bertz CT molecular complexity index is 732. The van der Waals surface area contributed by atoms with E-state index in [9.17, 15) is 0 Å². The van der Waals surface area contributed by atoms with Gasteiger partial charge in [-0.15, -0.1) is 0 Å². The zero-order valence-electron chi connectivity index (χ0n) is 12.9. The lowest BCUT2D eigenvalue weighted by Gasteiger charge is -2.09. The lowest BCUT2D eigenvalue weighted by atomic mass is 10.1. The van der Waals surface area contributed by atoms with E-state index in [0.717, 1.165) is 25.9 Å². The molecule has 0 aliphatic carbocycles. The van der Waals surface area contributed by atoms with Gasteiger partial charge in [0.05, 0.1) is 0 Å². The van der Waals surface area contributed by atoms with Crippen molar-refractivity contribution in [2.45, 2.75) is 26.3 Å². The number of halogens is 1. The summed E-state index contributed by atoms with van der Waals surface area (Å²) in [5.74, 6) is 0. The highest BCUT2D eigenvalue weighted by atomic mass is 35.5. The molecule has 2 N–H and O–H groups in total. The molecule has 0 saturated heterocycles. The predicted molar refractivity (Wildman–Crippen MR) is 89.6 cm³/mol. The van der Waals surface area contributed by atoms with Gasteiger partial charge in [0.1, 0.15) is 0 Å². The molecule has 0 fully saturated rings. The van der Waals surface area contributed by atoms with Crippen molar-refractivity contribution in [1.82, 2.24) is 4.57 Å². The Hall–Kier alpha value is -1.77. The van der Waals surface area contributed by atoms with E-state index in [1.807, 2.05) is 0 Å². The third kappa shape index (κ3) is 3.18. The maximum Gasteiger partial charge on any atom is 0.0488 e. The Labute approximate surface area is 138 Å². The number of hydrogen-bond donors (Lipinski definition) is 1. The molecule has 1 aromatic heterocycles. The van der Waals surface area contributed by atoms with Crippen LogP contribution in [0.1, 0.15) is 23.2 Å². The molecule has 0 saturated carbocycles. The summed E-state index contributed by atoms with van der Waals surface area (Å²) in [6, 6.07) is 19.3. The molecule has 0 unspecified atom stereocenters. The topological polar surface area (TPSA) is 30.9 Å². The zero-order valence-corrected chi connectivity index (χ0v) is 13.7. The van der Waals surface area contributed by atoms with Gasteiger partial charge in [-0.2, -0.15) is 0 Å². The maximum absolute atomic E-state index is 5.69. The van der Waals surface area contributed by atoms with Crippen LogP contribution >= 0.6 is 0 Å². The first-order valence-corrected chi connectivity index (χ1v) is 7.62. The van der Waals surface area contributed by atoms with Gasteiger partial charge in [0.15, 0.2) is 0 Å². The van der Waals surface area contributed by atoms with Crippen molar-refractivity contribution >= 4 is 10.9 Å². The van der Waals surface area contributed by atoms with Gasteiger partial charge in [0.2, 0.25) is 0 Å². The Kier molecular flexibility index (Phi) is 5.64. The fourth-order valence-electron chi connectivity index (χ4n) is 3.07. The minimum Gasteiger partial charge on any atom is -1.00 e.